The Hall–Kier alpha value is -5.85. The Balaban J connectivity index is 1.14. The van der Waals surface area contributed by atoms with Gasteiger partial charge in [-0.25, -0.2) is 9.59 Å². The molecular weight excluding hydrogens is 750 g/mol. The normalized spacial score (nSPS) is 17.4. The van der Waals surface area contributed by atoms with E-state index in [0.29, 0.717) is 35.1 Å². The highest BCUT2D eigenvalue weighted by atomic mass is 35.5. The molecule has 2 aliphatic heterocycles. The van der Waals surface area contributed by atoms with E-state index in [0.717, 1.165) is 28.8 Å². The summed E-state index contributed by atoms with van der Waals surface area (Å²) in [5.74, 6) is -1.98. The lowest BCUT2D eigenvalue weighted by atomic mass is 9.74. The predicted octanol–water partition coefficient (Wildman–Crippen LogP) is 7.61. The summed E-state index contributed by atoms with van der Waals surface area (Å²) in [5.41, 5.74) is 2.97. The number of esters is 2. The summed E-state index contributed by atoms with van der Waals surface area (Å²) in [6.07, 6.45) is 0.510. The Kier molecular flexibility index (Phi) is 12.9. The van der Waals surface area contributed by atoms with Gasteiger partial charge in [0.15, 0.2) is 11.5 Å². The van der Waals surface area contributed by atoms with Crippen LogP contribution in [-0.2, 0) is 38.8 Å². The SMILES string of the molecule is CC(C)[C@H]1C(=O)N2C(C(=O)OC(=O)c3ccc([N+](=O)[O-])cc3)=C(CN(C)CC(=O)CCc3ccc(OCc4ccccc4)c(OCc4ccccc4)c3Cl)[C@H](C)[C@H]12. The van der Waals surface area contributed by atoms with Crippen LogP contribution in [0.5, 0.6) is 11.5 Å². The van der Waals surface area contributed by atoms with Crippen LogP contribution in [0.1, 0.15) is 54.2 Å². The van der Waals surface area contributed by atoms with Gasteiger partial charge in [-0.1, -0.05) is 99.1 Å². The van der Waals surface area contributed by atoms with Crippen LogP contribution in [0.4, 0.5) is 5.69 Å². The first-order chi connectivity index (χ1) is 27.3. The lowest BCUT2D eigenvalue weighted by Gasteiger charge is -2.47. The molecule has 57 heavy (non-hydrogen) atoms. The van der Waals surface area contributed by atoms with Crippen molar-refractivity contribution in [1.29, 1.82) is 0 Å². The van der Waals surface area contributed by atoms with Crippen LogP contribution in [0.25, 0.3) is 0 Å². The summed E-state index contributed by atoms with van der Waals surface area (Å²) < 4.78 is 17.6. The average molecular weight is 794 g/mol. The van der Waals surface area contributed by atoms with Crippen molar-refractivity contribution in [2.45, 2.75) is 52.9 Å². The number of aryl methyl sites for hydroxylation is 1. The predicted molar refractivity (Wildman–Crippen MR) is 212 cm³/mol. The number of carbonyl (C=O) groups excluding carboxylic acids is 4. The fourth-order valence-electron chi connectivity index (χ4n) is 7.43. The molecule has 1 saturated heterocycles. The van der Waals surface area contributed by atoms with Gasteiger partial charge in [-0.2, -0.15) is 0 Å². The number of Topliss-reactive ketones (excluding diaryl/α,β-unsaturated/α-hetero) is 1. The molecule has 0 saturated carbocycles. The lowest BCUT2D eigenvalue weighted by Crippen LogP contribution is -2.62. The van der Waals surface area contributed by atoms with Crippen LogP contribution in [0.15, 0.2) is 108 Å². The maximum atomic E-state index is 13.6. The second-order valence-electron chi connectivity index (χ2n) is 14.7. The largest absolute Gasteiger partial charge is 0.485 e. The number of nitro groups is 1. The Morgan fingerprint density at radius 3 is 2.09 bits per heavy atom. The highest BCUT2D eigenvalue weighted by molar-refractivity contribution is 6.33. The number of nitrogens with zero attached hydrogens (tertiary/aromatic N) is 3. The zero-order chi connectivity index (χ0) is 40.8. The van der Waals surface area contributed by atoms with Crippen molar-refractivity contribution < 1.29 is 38.3 Å². The Labute approximate surface area is 336 Å². The first-order valence-corrected chi connectivity index (χ1v) is 19.1. The van der Waals surface area contributed by atoms with Crippen LogP contribution in [0.2, 0.25) is 5.02 Å². The third-order valence-corrected chi connectivity index (χ3v) is 10.8. The molecule has 0 bridgehead atoms. The van der Waals surface area contributed by atoms with E-state index in [9.17, 15) is 29.3 Å². The topological polar surface area (TPSA) is 146 Å². The Morgan fingerprint density at radius 2 is 1.49 bits per heavy atom. The van der Waals surface area contributed by atoms with Gasteiger partial charge in [0.1, 0.15) is 24.7 Å². The number of nitro benzene ring substituents is 1. The summed E-state index contributed by atoms with van der Waals surface area (Å²) in [4.78, 5) is 67.0. The summed E-state index contributed by atoms with van der Waals surface area (Å²) in [6.45, 7) is 6.61. The molecule has 296 valence electrons. The Morgan fingerprint density at radius 1 is 0.877 bits per heavy atom. The minimum absolute atomic E-state index is 0.00616. The van der Waals surface area contributed by atoms with Crippen molar-refractivity contribution >= 4 is 40.9 Å². The van der Waals surface area contributed by atoms with Crippen LogP contribution in [0, 0.1) is 27.9 Å². The van der Waals surface area contributed by atoms with E-state index in [1.807, 2.05) is 87.5 Å². The fraction of sp³-hybridized carbons (Fsp3) is 0.318. The number of ketones is 1. The lowest BCUT2D eigenvalue weighted by molar-refractivity contribution is -0.384. The van der Waals surface area contributed by atoms with Gasteiger partial charge in [-0.3, -0.25) is 24.6 Å². The highest BCUT2D eigenvalue weighted by Gasteiger charge is 2.59. The van der Waals surface area contributed by atoms with Crippen molar-refractivity contribution in [1.82, 2.24) is 9.80 Å². The molecule has 0 N–H and O–H groups in total. The van der Waals surface area contributed by atoms with Crippen molar-refractivity contribution in [3.63, 3.8) is 0 Å². The number of carbonyl (C=O) groups is 4. The van der Waals surface area contributed by atoms with Crippen molar-refractivity contribution in [2.24, 2.45) is 17.8 Å². The quantitative estimate of drug-likeness (QED) is 0.0344. The molecule has 1 fully saturated rings. The summed E-state index contributed by atoms with van der Waals surface area (Å²) in [5, 5.41) is 11.4. The van der Waals surface area contributed by atoms with Gasteiger partial charge >= 0.3 is 11.9 Å². The number of hydrogen-bond donors (Lipinski definition) is 0. The molecule has 6 rings (SSSR count). The summed E-state index contributed by atoms with van der Waals surface area (Å²) in [7, 11) is 1.75. The number of ether oxygens (including phenoxy) is 3. The molecule has 0 aromatic heterocycles. The molecule has 0 unspecified atom stereocenters. The van der Waals surface area contributed by atoms with E-state index < -0.39 is 16.9 Å². The molecule has 3 atom stereocenters. The monoisotopic (exact) mass is 793 g/mol. The second-order valence-corrected chi connectivity index (χ2v) is 15.1. The van der Waals surface area contributed by atoms with Crippen LogP contribution in [0.3, 0.4) is 0 Å². The van der Waals surface area contributed by atoms with E-state index in [-0.39, 0.29) is 78.6 Å². The smallest absolute Gasteiger partial charge is 0.362 e. The van der Waals surface area contributed by atoms with Gasteiger partial charge in [-0.05, 0) is 59.8 Å². The van der Waals surface area contributed by atoms with Crippen LogP contribution in [-0.4, -0.2) is 64.5 Å². The number of benzene rings is 4. The average Bonchev–Trinajstić information content (AvgIpc) is 3.43. The van der Waals surface area contributed by atoms with Gasteiger partial charge < -0.3 is 19.1 Å². The van der Waals surface area contributed by atoms with Crippen LogP contribution < -0.4 is 9.47 Å². The highest BCUT2D eigenvalue weighted by Crippen LogP contribution is 2.49. The van der Waals surface area contributed by atoms with Crippen LogP contribution >= 0.6 is 11.6 Å². The van der Waals surface area contributed by atoms with Crippen molar-refractivity contribution in [3.8, 4) is 11.5 Å². The van der Waals surface area contributed by atoms with Crippen molar-refractivity contribution in [3.05, 3.63) is 146 Å². The molecule has 12 nitrogen and oxygen atoms in total. The molecule has 0 aliphatic carbocycles. The zero-order valence-corrected chi connectivity index (χ0v) is 32.9. The number of β-lactam (4-membered cyclic amide) rings is 1. The molecule has 0 spiro atoms. The molecule has 4 aromatic rings. The molecule has 2 heterocycles. The maximum Gasteiger partial charge on any atom is 0.362 e. The maximum absolute atomic E-state index is 13.6. The molecule has 4 aromatic carbocycles. The third-order valence-electron chi connectivity index (χ3n) is 10.4. The van der Waals surface area contributed by atoms with E-state index in [4.69, 9.17) is 25.8 Å². The third kappa shape index (κ3) is 9.24. The van der Waals surface area contributed by atoms with Crippen molar-refractivity contribution in [2.75, 3.05) is 20.1 Å². The van der Waals surface area contributed by atoms with E-state index in [1.165, 1.54) is 17.0 Å². The van der Waals surface area contributed by atoms with Gasteiger partial charge in [-0.15, -0.1) is 0 Å². The number of halogens is 1. The first kappa shape index (κ1) is 40.8. The van der Waals surface area contributed by atoms with E-state index >= 15 is 0 Å². The van der Waals surface area contributed by atoms with Gasteiger partial charge in [0, 0.05) is 31.0 Å². The van der Waals surface area contributed by atoms with E-state index in [1.54, 1.807) is 18.0 Å². The molecule has 2 aliphatic rings. The van der Waals surface area contributed by atoms with Gasteiger partial charge in [0.25, 0.3) is 5.69 Å². The number of hydrogen-bond acceptors (Lipinski definition) is 10. The first-order valence-electron chi connectivity index (χ1n) is 18.8. The second kappa shape index (κ2) is 18.0. The molecule has 1 amide bonds. The molecule has 13 heteroatoms. The van der Waals surface area contributed by atoms with Gasteiger partial charge in [0.05, 0.1) is 34.0 Å². The summed E-state index contributed by atoms with van der Waals surface area (Å²) >= 11 is 6.94. The number of non-ortho nitro benzene ring substituents is 1. The molecular formula is C44H44ClN3O9. The number of likely N-dealkylation sites (N-methyl/N-ethyl adjacent to an activating group) is 1. The molecule has 0 radical (unpaired) electrons. The Bertz CT molecular complexity index is 2170. The standard InChI is InChI=1S/C44H44ClN3O9/c1-27(2)37-39-28(3)35(40(47(39)42(37)50)44(52)57-43(51)32-15-19-33(20-16-32)48(53)54)24-46(4)23-34(49)21-17-31-18-22-36(55-25-29-11-7-5-8-12-29)41(38(31)45)56-26-30-13-9-6-10-14-30/h5-16,18-20,22,27-28,37,39H,17,21,23-26H2,1-4H3/t28-,37+,39+/m0/s1. The minimum Gasteiger partial charge on any atom is -0.485 e. The summed E-state index contributed by atoms with van der Waals surface area (Å²) in [6, 6.07) is 27.5. The number of rotatable bonds is 17. The fourth-order valence-corrected chi connectivity index (χ4v) is 7.73. The van der Waals surface area contributed by atoms with Gasteiger partial charge in [0.2, 0.25) is 5.91 Å². The number of amides is 1. The number of fused-ring (bicyclic) bond motifs is 1. The van der Waals surface area contributed by atoms with E-state index in [2.05, 4.69) is 0 Å². The minimum atomic E-state index is -1.00. The zero-order valence-electron chi connectivity index (χ0n) is 32.2.